The van der Waals surface area contributed by atoms with Crippen LogP contribution in [0.5, 0.6) is 5.75 Å². The molecule has 2 aromatic carbocycles. The molecule has 0 aliphatic heterocycles. The Labute approximate surface area is 147 Å². The van der Waals surface area contributed by atoms with Crippen LogP contribution < -0.4 is 15.4 Å². The quantitative estimate of drug-likeness (QED) is 0.702. The zero-order chi connectivity index (χ0) is 18.0. The SMILES string of the molecule is CCC(C)(C)NCC(=O)Nc1cc2oc3ccccc3c2cc1OC. The number of amides is 1. The number of hydrogen-bond donors (Lipinski definition) is 2. The van der Waals surface area contributed by atoms with E-state index < -0.39 is 0 Å². The highest BCUT2D eigenvalue weighted by Gasteiger charge is 2.17. The lowest BCUT2D eigenvalue weighted by atomic mass is 10.0. The van der Waals surface area contributed by atoms with Gasteiger partial charge >= 0.3 is 0 Å². The Morgan fingerprint density at radius 3 is 2.64 bits per heavy atom. The van der Waals surface area contributed by atoms with Crippen LogP contribution in [0.3, 0.4) is 0 Å². The number of fused-ring (bicyclic) bond motifs is 3. The van der Waals surface area contributed by atoms with E-state index in [1.165, 1.54) is 0 Å². The first-order chi connectivity index (χ1) is 11.9. The number of ether oxygens (including phenoxy) is 1. The predicted molar refractivity (Wildman–Crippen MR) is 101 cm³/mol. The summed E-state index contributed by atoms with van der Waals surface area (Å²) < 4.78 is 11.3. The minimum atomic E-state index is -0.115. The summed E-state index contributed by atoms with van der Waals surface area (Å²) in [5.74, 6) is 0.498. The Balaban J connectivity index is 1.88. The molecule has 132 valence electrons. The number of rotatable bonds is 6. The first kappa shape index (κ1) is 17.3. The van der Waals surface area contributed by atoms with Gasteiger partial charge < -0.3 is 19.8 Å². The summed E-state index contributed by atoms with van der Waals surface area (Å²) in [7, 11) is 1.59. The number of furan rings is 1. The van der Waals surface area contributed by atoms with Crippen LogP contribution in [0.15, 0.2) is 40.8 Å². The minimum Gasteiger partial charge on any atom is -0.495 e. The molecule has 3 rings (SSSR count). The molecule has 0 atom stereocenters. The summed E-state index contributed by atoms with van der Waals surface area (Å²) in [6.45, 7) is 6.47. The number of nitrogens with one attached hydrogen (secondary N) is 2. The maximum atomic E-state index is 12.3. The van der Waals surface area contributed by atoms with Gasteiger partial charge in [0.2, 0.25) is 5.91 Å². The fourth-order valence-electron chi connectivity index (χ4n) is 2.66. The molecule has 0 bridgehead atoms. The van der Waals surface area contributed by atoms with Crippen molar-refractivity contribution in [1.29, 1.82) is 0 Å². The van der Waals surface area contributed by atoms with Crippen molar-refractivity contribution in [2.24, 2.45) is 0 Å². The largest absolute Gasteiger partial charge is 0.495 e. The van der Waals surface area contributed by atoms with Gasteiger partial charge in [-0.15, -0.1) is 0 Å². The van der Waals surface area contributed by atoms with Crippen molar-refractivity contribution in [2.75, 3.05) is 19.0 Å². The molecule has 1 amide bonds. The normalized spacial score (nSPS) is 11.8. The molecule has 1 heterocycles. The third-order valence-corrected chi connectivity index (χ3v) is 4.58. The molecule has 0 spiro atoms. The Bertz CT molecular complexity index is 912. The van der Waals surface area contributed by atoms with Gasteiger partial charge in [0.25, 0.3) is 0 Å². The number of anilines is 1. The molecule has 0 radical (unpaired) electrons. The summed E-state index contributed by atoms with van der Waals surface area (Å²) in [6, 6.07) is 11.6. The van der Waals surface area contributed by atoms with Gasteiger partial charge in [0.15, 0.2) is 0 Å². The molecule has 5 heteroatoms. The van der Waals surface area contributed by atoms with E-state index in [2.05, 4.69) is 31.4 Å². The number of benzene rings is 2. The van der Waals surface area contributed by atoms with Gasteiger partial charge in [0.1, 0.15) is 16.9 Å². The van der Waals surface area contributed by atoms with Gasteiger partial charge in [-0.05, 0) is 32.4 Å². The molecule has 0 unspecified atom stereocenters. The van der Waals surface area contributed by atoms with Crippen molar-refractivity contribution in [3.63, 3.8) is 0 Å². The standard InChI is InChI=1S/C20H24N2O3/c1-5-20(2,3)21-12-19(23)22-15-11-17-14(10-18(15)24-4)13-8-6-7-9-16(13)25-17/h6-11,21H,5,12H2,1-4H3,(H,22,23). The van der Waals surface area contributed by atoms with Crippen LogP contribution in [0, 0.1) is 0 Å². The summed E-state index contributed by atoms with van der Waals surface area (Å²) in [5, 5.41) is 8.15. The molecule has 3 aromatic rings. The average Bonchev–Trinajstić information content (AvgIpc) is 2.96. The monoisotopic (exact) mass is 340 g/mol. The van der Waals surface area contributed by atoms with Gasteiger partial charge in [-0.3, -0.25) is 4.79 Å². The van der Waals surface area contributed by atoms with Crippen molar-refractivity contribution in [1.82, 2.24) is 5.32 Å². The molecule has 2 N–H and O–H groups in total. The Hall–Kier alpha value is -2.53. The van der Waals surface area contributed by atoms with Crippen molar-refractivity contribution in [3.8, 4) is 5.75 Å². The third kappa shape index (κ3) is 3.61. The number of carbonyl (C=O) groups excluding carboxylic acids is 1. The van der Waals surface area contributed by atoms with Gasteiger partial charge in [-0.1, -0.05) is 25.1 Å². The van der Waals surface area contributed by atoms with Gasteiger partial charge in [0, 0.05) is 22.4 Å². The minimum absolute atomic E-state index is 0.0792. The second-order valence-electron chi connectivity index (χ2n) is 6.79. The summed E-state index contributed by atoms with van der Waals surface area (Å²) in [4.78, 5) is 12.3. The van der Waals surface area contributed by atoms with E-state index in [-0.39, 0.29) is 18.0 Å². The number of hydrogen-bond acceptors (Lipinski definition) is 4. The van der Waals surface area contributed by atoms with Crippen molar-refractivity contribution < 1.29 is 13.9 Å². The van der Waals surface area contributed by atoms with E-state index in [0.717, 1.165) is 28.4 Å². The second-order valence-corrected chi connectivity index (χ2v) is 6.79. The lowest BCUT2D eigenvalue weighted by molar-refractivity contribution is -0.115. The molecule has 25 heavy (non-hydrogen) atoms. The zero-order valence-electron chi connectivity index (χ0n) is 15.1. The van der Waals surface area contributed by atoms with Gasteiger partial charge in [-0.25, -0.2) is 0 Å². The highest BCUT2D eigenvalue weighted by molar-refractivity contribution is 6.07. The fourth-order valence-corrected chi connectivity index (χ4v) is 2.66. The Kier molecular flexibility index (Phi) is 4.68. The van der Waals surface area contributed by atoms with Crippen LogP contribution in [0.2, 0.25) is 0 Å². The lowest BCUT2D eigenvalue weighted by Crippen LogP contribution is -2.43. The van der Waals surface area contributed by atoms with Crippen LogP contribution in [0.4, 0.5) is 5.69 Å². The Morgan fingerprint density at radius 2 is 1.92 bits per heavy atom. The summed E-state index contributed by atoms with van der Waals surface area (Å²) >= 11 is 0. The van der Waals surface area contributed by atoms with Gasteiger partial charge in [-0.2, -0.15) is 0 Å². The number of carbonyl (C=O) groups is 1. The maximum Gasteiger partial charge on any atom is 0.238 e. The molecule has 5 nitrogen and oxygen atoms in total. The summed E-state index contributed by atoms with van der Waals surface area (Å²) in [6.07, 6.45) is 0.939. The van der Waals surface area contributed by atoms with Crippen LogP contribution >= 0.6 is 0 Å². The maximum absolute atomic E-state index is 12.3. The van der Waals surface area contributed by atoms with Crippen LogP contribution in [0.1, 0.15) is 27.2 Å². The van der Waals surface area contributed by atoms with E-state index in [1.807, 2.05) is 36.4 Å². The molecule has 0 aliphatic rings. The average molecular weight is 340 g/mol. The topological polar surface area (TPSA) is 63.5 Å². The van der Waals surface area contributed by atoms with E-state index in [9.17, 15) is 4.79 Å². The van der Waals surface area contributed by atoms with E-state index in [4.69, 9.17) is 9.15 Å². The van der Waals surface area contributed by atoms with Gasteiger partial charge in [0.05, 0.1) is 19.3 Å². The predicted octanol–water partition coefficient (Wildman–Crippen LogP) is 4.31. The third-order valence-electron chi connectivity index (χ3n) is 4.58. The summed E-state index contributed by atoms with van der Waals surface area (Å²) in [5.41, 5.74) is 2.06. The van der Waals surface area contributed by atoms with Crippen molar-refractivity contribution >= 4 is 33.5 Å². The number of para-hydroxylation sites is 1. The van der Waals surface area contributed by atoms with E-state index >= 15 is 0 Å². The van der Waals surface area contributed by atoms with Crippen molar-refractivity contribution in [3.05, 3.63) is 36.4 Å². The fraction of sp³-hybridized carbons (Fsp3) is 0.350. The first-order valence-electron chi connectivity index (χ1n) is 8.47. The van der Waals surface area contributed by atoms with Crippen molar-refractivity contribution in [2.45, 2.75) is 32.7 Å². The van der Waals surface area contributed by atoms with E-state index in [1.54, 1.807) is 7.11 Å². The molecule has 1 aromatic heterocycles. The molecular weight excluding hydrogens is 316 g/mol. The first-order valence-corrected chi connectivity index (χ1v) is 8.47. The number of methoxy groups -OCH3 is 1. The molecule has 0 saturated carbocycles. The highest BCUT2D eigenvalue weighted by atomic mass is 16.5. The Morgan fingerprint density at radius 1 is 1.16 bits per heavy atom. The zero-order valence-corrected chi connectivity index (χ0v) is 15.1. The van der Waals surface area contributed by atoms with E-state index in [0.29, 0.717) is 11.4 Å². The highest BCUT2D eigenvalue weighted by Crippen LogP contribution is 2.36. The molecular formula is C20H24N2O3. The van der Waals surface area contributed by atoms with Crippen LogP contribution in [0.25, 0.3) is 21.9 Å². The molecule has 0 aliphatic carbocycles. The molecule has 0 saturated heterocycles. The molecule has 0 fully saturated rings. The van der Waals surface area contributed by atoms with Crippen LogP contribution in [-0.2, 0) is 4.79 Å². The lowest BCUT2D eigenvalue weighted by Gasteiger charge is -2.24. The smallest absolute Gasteiger partial charge is 0.238 e. The van der Waals surface area contributed by atoms with Crippen LogP contribution in [-0.4, -0.2) is 25.1 Å². The second kappa shape index (κ2) is 6.76.